The summed E-state index contributed by atoms with van der Waals surface area (Å²) in [4.78, 5) is 24.7. The number of carbonyl (C=O) groups excluding carboxylic acids is 2. The Balaban J connectivity index is 2.08. The number of hydrogen-bond acceptors (Lipinski definition) is 5. The van der Waals surface area contributed by atoms with Crippen LogP contribution in [0.4, 0.5) is 0 Å². The summed E-state index contributed by atoms with van der Waals surface area (Å²) in [6.45, 7) is 2.30. The van der Waals surface area contributed by atoms with Crippen molar-refractivity contribution in [2.24, 2.45) is 0 Å². The third-order valence-electron chi connectivity index (χ3n) is 2.98. The average molecular weight is 320 g/mol. The molecule has 1 aromatic rings. The highest BCUT2D eigenvalue weighted by atomic mass is 32.2. The summed E-state index contributed by atoms with van der Waals surface area (Å²) >= 11 is 6.43. The highest BCUT2D eigenvalue weighted by Crippen LogP contribution is 2.32. The SMILES string of the molecule is Cc1cccc(/C=C2/SC(=S)N(CCCC(=O)[O-])C2=O)c1. The Morgan fingerprint density at radius 2 is 2.24 bits per heavy atom. The van der Waals surface area contributed by atoms with Crippen molar-refractivity contribution in [2.45, 2.75) is 19.8 Å². The zero-order chi connectivity index (χ0) is 15.4. The van der Waals surface area contributed by atoms with Gasteiger partial charge >= 0.3 is 0 Å². The number of carboxylic acid groups (broad SMARTS) is 1. The van der Waals surface area contributed by atoms with Crippen LogP contribution in [0.3, 0.4) is 0 Å². The van der Waals surface area contributed by atoms with Crippen molar-refractivity contribution >= 4 is 46.3 Å². The predicted octanol–water partition coefficient (Wildman–Crippen LogP) is 1.73. The van der Waals surface area contributed by atoms with E-state index >= 15 is 0 Å². The Kier molecular flexibility index (Phi) is 5.14. The molecule has 0 aromatic heterocycles. The number of nitrogens with zero attached hydrogens (tertiary/aromatic N) is 1. The molecular weight excluding hydrogens is 306 g/mol. The normalized spacial score (nSPS) is 16.8. The lowest BCUT2D eigenvalue weighted by atomic mass is 10.1. The van der Waals surface area contributed by atoms with Crippen molar-refractivity contribution < 1.29 is 14.7 Å². The first kappa shape index (κ1) is 15.7. The third kappa shape index (κ3) is 4.15. The van der Waals surface area contributed by atoms with E-state index in [1.54, 1.807) is 0 Å². The molecule has 1 amide bonds. The second-order valence-electron chi connectivity index (χ2n) is 4.72. The van der Waals surface area contributed by atoms with Crippen LogP contribution in [-0.2, 0) is 9.59 Å². The van der Waals surface area contributed by atoms with E-state index in [-0.39, 0.29) is 12.3 Å². The Morgan fingerprint density at radius 3 is 2.90 bits per heavy atom. The molecule has 0 spiro atoms. The molecule has 1 aliphatic heterocycles. The van der Waals surface area contributed by atoms with Gasteiger partial charge in [-0.25, -0.2) is 0 Å². The topological polar surface area (TPSA) is 60.4 Å². The second kappa shape index (κ2) is 6.87. The standard InChI is InChI=1S/C15H15NO3S2/c1-10-4-2-5-11(8-10)9-12-14(19)16(15(20)21-12)7-3-6-13(17)18/h2,4-5,8-9H,3,6-7H2,1H3,(H,17,18)/p-1/b12-9+. The molecule has 110 valence electrons. The van der Waals surface area contributed by atoms with E-state index in [1.807, 2.05) is 37.3 Å². The van der Waals surface area contributed by atoms with Crippen LogP contribution in [0.15, 0.2) is 29.2 Å². The van der Waals surface area contributed by atoms with Gasteiger partial charge in [0.15, 0.2) is 0 Å². The van der Waals surface area contributed by atoms with Gasteiger partial charge < -0.3 is 9.90 Å². The molecule has 6 heteroatoms. The molecule has 1 saturated heterocycles. The summed E-state index contributed by atoms with van der Waals surface area (Å²) in [7, 11) is 0. The fourth-order valence-corrected chi connectivity index (χ4v) is 3.29. The van der Waals surface area contributed by atoms with Gasteiger partial charge in [0.25, 0.3) is 5.91 Å². The Hall–Kier alpha value is -1.66. The van der Waals surface area contributed by atoms with Crippen molar-refractivity contribution in [3.05, 3.63) is 40.3 Å². The molecule has 0 saturated carbocycles. The molecule has 1 aromatic carbocycles. The quantitative estimate of drug-likeness (QED) is 0.611. The number of aryl methyl sites for hydroxylation is 1. The molecule has 1 fully saturated rings. The zero-order valence-electron chi connectivity index (χ0n) is 11.5. The summed E-state index contributed by atoms with van der Waals surface area (Å²) in [5.74, 6) is -1.28. The van der Waals surface area contributed by atoms with Crippen molar-refractivity contribution in [1.29, 1.82) is 0 Å². The number of thioether (sulfide) groups is 1. The minimum atomic E-state index is -1.12. The molecule has 4 nitrogen and oxygen atoms in total. The van der Waals surface area contributed by atoms with Gasteiger partial charge in [-0.3, -0.25) is 9.69 Å². The minimum Gasteiger partial charge on any atom is -0.550 e. The number of aliphatic carboxylic acids is 1. The highest BCUT2D eigenvalue weighted by molar-refractivity contribution is 8.26. The number of thiocarbonyl (C=S) groups is 1. The van der Waals surface area contributed by atoms with E-state index in [9.17, 15) is 14.7 Å². The number of carboxylic acids is 1. The number of amides is 1. The van der Waals surface area contributed by atoms with Gasteiger partial charge in [0.1, 0.15) is 4.32 Å². The van der Waals surface area contributed by atoms with Crippen LogP contribution in [0.2, 0.25) is 0 Å². The van der Waals surface area contributed by atoms with E-state index in [2.05, 4.69) is 0 Å². The largest absolute Gasteiger partial charge is 0.550 e. The molecule has 0 unspecified atom stereocenters. The molecule has 0 aliphatic carbocycles. The van der Waals surface area contributed by atoms with Crippen molar-refractivity contribution in [2.75, 3.05) is 6.54 Å². The Morgan fingerprint density at radius 1 is 1.48 bits per heavy atom. The maximum Gasteiger partial charge on any atom is 0.266 e. The number of carbonyl (C=O) groups is 2. The van der Waals surface area contributed by atoms with Crippen molar-refractivity contribution in [3.8, 4) is 0 Å². The first-order chi connectivity index (χ1) is 9.97. The molecule has 1 aliphatic rings. The molecule has 1 heterocycles. The fraction of sp³-hybridized carbons (Fsp3) is 0.267. The second-order valence-corrected chi connectivity index (χ2v) is 6.40. The maximum atomic E-state index is 12.3. The lowest BCUT2D eigenvalue weighted by Crippen LogP contribution is -2.30. The van der Waals surface area contributed by atoms with Crippen LogP contribution >= 0.6 is 24.0 Å². The van der Waals surface area contributed by atoms with E-state index in [1.165, 1.54) is 16.7 Å². The first-order valence-corrected chi connectivity index (χ1v) is 7.72. The molecule has 0 bridgehead atoms. The summed E-state index contributed by atoms with van der Waals surface area (Å²) in [6, 6.07) is 7.84. The van der Waals surface area contributed by atoms with Crippen LogP contribution in [-0.4, -0.2) is 27.6 Å². The van der Waals surface area contributed by atoms with Crippen molar-refractivity contribution in [1.82, 2.24) is 4.90 Å². The van der Waals surface area contributed by atoms with E-state index < -0.39 is 5.97 Å². The molecule has 0 N–H and O–H groups in total. The van der Waals surface area contributed by atoms with E-state index in [4.69, 9.17) is 12.2 Å². The van der Waals surface area contributed by atoms with Crippen LogP contribution in [0.5, 0.6) is 0 Å². The van der Waals surface area contributed by atoms with E-state index in [0.29, 0.717) is 22.2 Å². The highest BCUT2D eigenvalue weighted by Gasteiger charge is 2.31. The van der Waals surface area contributed by atoms with Gasteiger partial charge in [0.05, 0.1) is 4.91 Å². The number of benzene rings is 1. The van der Waals surface area contributed by atoms with E-state index in [0.717, 1.165) is 11.1 Å². The first-order valence-electron chi connectivity index (χ1n) is 6.49. The van der Waals surface area contributed by atoms with Gasteiger partial charge in [-0.05, 0) is 31.4 Å². The van der Waals surface area contributed by atoms with Gasteiger partial charge in [-0.2, -0.15) is 0 Å². The third-order valence-corrected chi connectivity index (χ3v) is 4.35. The summed E-state index contributed by atoms with van der Waals surface area (Å²) < 4.78 is 0.470. The molecule has 0 radical (unpaired) electrons. The molecule has 21 heavy (non-hydrogen) atoms. The lowest BCUT2D eigenvalue weighted by Gasteiger charge is -2.14. The monoisotopic (exact) mass is 320 g/mol. The lowest BCUT2D eigenvalue weighted by molar-refractivity contribution is -0.305. The van der Waals surface area contributed by atoms with Gasteiger partial charge in [0.2, 0.25) is 0 Å². The fourth-order valence-electron chi connectivity index (χ4n) is 1.99. The van der Waals surface area contributed by atoms with Crippen LogP contribution < -0.4 is 5.11 Å². The maximum absolute atomic E-state index is 12.3. The summed E-state index contributed by atoms with van der Waals surface area (Å²) in [5.41, 5.74) is 2.07. The van der Waals surface area contributed by atoms with Crippen LogP contribution in [0.1, 0.15) is 24.0 Å². The predicted molar refractivity (Wildman–Crippen MR) is 85.3 cm³/mol. The van der Waals surface area contributed by atoms with Crippen LogP contribution in [0.25, 0.3) is 6.08 Å². The minimum absolute atomic E-state index is 0.0754. The Bertz CT molecular complexity index is 625. The Labute approximate surface area is 132 Å². The van der Waals surface area contributed by atoms with Crippen molar-refractivity contribution in [3.63, 3.8) is 0 Å². The summed E-state index contributed by atoms with van der Waals surface area (Å²) in [5, 5.41) is 10.4. The zero-order valence-corrected chi connectivity index (χ0v) is 13.1. The van der Waals surface area contributed by atoms with Gasteiger partial charge in [-0.15, -0.1) is 0 Å². The average Bonchev–Trinajstić information content (AvgIpc) is 2.66. The molecular formula is C15H14NO3S2-. The molecule has 2 rings (SSSR count). The van der Waals surface area contributed by atoms with Gasteiger partial charge in [-0.1, -0.05) is 53.8 Å². The summed E-state index contributed by atoms with van der Waals surface area (Å²) in [6.07, 6.45) is 2.07. The van der Waals surface area contributed by atoms with Crippen LogP contribution in [0, 0.1) is 6.92 Å². The smallest absolute Gasteiger partial charge is 0.266 e. The van der Waals surface area contributed by atoms with Gasteiger partial charge in [0, 0.05) is 12.5 Å². The number of rotatable bonds is 5. The number of hydrogen-bond donors (Lipinski definition) is 0. The molecule has 0 atom stereocenters.